The third-order valence-electron chi connectivity index (χ3n) is 4.64. The molecule has 5 heteroatoms. The predicted octanol–water partition coefficient (Wildman–Crippen LogP) is 3.29. The van der Waals surface area contributed by atoms with Crippen LogP contribution >= 0.6 is 11.6 Å². The highest BCUT2D eigenvalue weighted by Gasteiger charge is 2.32. The van der Waals surface area contributed by atoms with Gasteiger partial charge in [-0.05, 0) is 18.9 Å². The van der Waals surface area contributed by atoms with Gasteiger partial charge in [-0.3, -0.25) is 9.59 Å². The van der Waals surface area contributed by atoms with Crippen LogP contribution in [0.15, 0.2) is 18.2 Å². The van der Waals surface area contributed by atoms with Gasteiger partial charge in [0.1, 0.15) is 11.5 Å². The molecule has 1 aromatic carbocycles. The molecule has 0 saturated heterocycles. The van der Waals surface area contributed by atoms with E-state index in [0.29, 0.717) is 36.6 Å². The molecule has 1 amide bonds. The number of nitrogens with one attached hydrogen (secondary N) is 1. The third kappa shape index (κ3) is 2.98. The van der Waals surface area contributed by atoms with Crippen molar-refractivity contribution in [3.8, 4) is 5.75 Å². The van der Waals surface area contributed by atoms with Crippen molar-refractivity contribution in [2.75, 3.05) is 6.61 Å². The zero-order valence-electron chi connectivity index (χ0n) is 12.6. The van der Waals surface area contributed by atoms with E-state index in [4.69, 9.17) is 16.3 Å². The molecule has 0 unspecified atom stereocenters. The predicted molar refractivity (Wildman–Crippen MR) is 84.0 cm³/mol. The minimum absolute atomic E-state index is 0.0130. The van der Waals surface area contributed by atoms with E-state index in [1.807, 2.05) is 19.1 Å². The molecule has 3 atom stereocenters. The molecule has 0 aromatic heterocycles. The maximum Gasteiger partial charge on any atom is 0.223 e. The number of benzene rings is 1. The Labute approximate surface area is 135 Å². The van der Waals surface area contributed by atoms with Crippen molar-refractivity contribution < 1.29 is 14.3 Å². The molecule has 1 aliphatic carbocycles. The first-order valence-corrected chi connectivity index (χ1v) is 8.18. The van der Waals surface area contributed by atoms with Crippen molar-refractivity contribution in [2.45, 2.75) is 38.6 Å². The lowest BCUT2D eigenvalue weighted by Crippen LogP contribution is -2.39. The number of rotatable bonds is 2. The number of hydrogen-bond donors (Lipinski definition) is 1. The number of carbonyl (C=O) groups excluding carboxylic acids is 2. The average molecular weight is 322 g/mol. The number of para-hydroxylation sites is 1. The van der Waals surface area contributed by atoms with Crippen LogP contribution in [0.2, 0.25) is 5.02 Å². The number of halogens is 1. The number of hydrogen-bond acceptors (Lipinski definition) is 3. The fourth-order valence-corrected chi connectivity index (χ4v) is 3.54. The van der Waals surface area contributed by atoms with Crippen LogP contribution in [0.5, 0.6) is 5.75 Å². The molecule has 118 valence electrons. The molecule has 1 aromatic rings. The normalized spacial score (nSPS) is 27.7. The van der Waals surface area contributed by atoms with Crippen LogP contribution in [0.4, 0.5) is 0 Å². The molecule has 1 saturated carbocycles. The summed E-state index contributed by atoms with van der Waals surface area (Å²) >= 11 is 6.15. The lowest BCUT2D eigenvalue weighted by molar-refractivity contribution is -0.131. The first-order valence-electron chi connectivity index (χ1n) is 7.80. The van der Waals surface area contributed by atoms with Gasteiger partial charge in [-0.15, -0.1) is 0 Å². The maximum atomic E-state index is 12.5. The summed E-state index contributed by atoms with van der Waals surface area (Å²) in [5, 5.41) is 3.70. The summed E-state index contributed by atoms with van der Waals surface area (Å²) in [4.78, 5) is 24.1. The Bertz CT molecular complexity index is 602. The fourth-order valence-electron chi connectivity index (χ4n) is 3.30. The summed E-state index contributed by atoms with van der Waals surface area (Å²) in [5.41, 5.74) is 0.937. The van der Waals surface area contributed by atoms with Crippen LogP contribution in [0.25, 0.3) is 0 Å². The number of amides is 1. The second-order valence-electron chi connectivity index (χ2n) is 6.20. The van der Waals surface area contributed by atoms with E-state index in [0.717, 1.165) is 12.0 Å². The SMILES string of the molecule is C[C@@H]1C[C@@H](C(=O)N[C@@H]2CCOc3c(Cl)cccc32)CCC1=O. The first-order chi connectivity index (χ1) is 10.6. The number of carbonyl (C=O) groups is 2. The van der Waals surface area contributed by atoms with Gasteiger partial charge in [0, 0.05) is 30.2 Å². The van der Waals surface area contributed by atoms with E-state index in [-0.39, 0.29) is 29.6 Å². The van der Waals surface area contributed by atoms with Crippen molar-refractivity contribution >= 4 is 23.3 Å². The number of ketones is 1. The van der Waals surface area contributed by atoms with E-state index in [1.165, 1.54) is 0 Å². The number of ether oxygens (including phenoxy) is 1. The molecule has 0 radical (unpaired) electrons. The molecule has 2 aliphatic rings. The van der Waals surface area contributed by atoms with Crippen molar-refractivity contribution in [3.05, 3.63) is 28.8 Å². The van der Waals surface area contributed by atoms with E-state index in [9.17, 15) is 9.59 Å². The summed E-state index contributed by atoms with van der Waals surface area (Å²) < 4.78 is 5.61. The molecular formula is C17H20ClNO3. The average Bonchev–Trinajstić information content (AvgIpc) is 2.51. The van der Waals surface area contributed by atoms with Crippen LogP contribution in [-0.2, 0) is 9.59 Å². The Morgan fingerprint density at radius 1 is 1.36 bits per heavy atom. The zero-order chi connectivity index (χ0) is 15.7. The quantitative estimate of drug-likeness (QED) is 0.909. The largest absolute Gasteiger partial charge is 0.492 e. The summed E-state index contributed by atoms with van der Waals surface area (Å²) in [5.74, 6) is 0.899. The number of Topliss-reactive ketones (excluding diaryl/α,β-unsaturated/α-hetero) is 1. The van der Waals surface area contributed by atoms with Crippen LogP contribution < -0.4 is 10.1 Å². The van der Waals surface area contributed by atoms with E-state index in [1.54, 1.807) is 6.07 Å². The van der Waals surface area contributed by atoms with Gasteiger partial charge < -0.3 is 10.1 Å². The standard InChI is InChI=1S/C17H20ClNO3/c1-10-9-11(5-6-15(10)20)17(21)19-14-7-8-22-16-12(14)3-2-4-13(16)18/h2-4,10-11,14H,5-9H2,1H3,(H,19,21)/t10-,11+,14-/m1/s1. The van der Waals surface area contributed by atoms with Crippen molar-refractivity contribution in [3.63, 3.8) is 0 Å². The van der Waals surface area contributed by atoms with Gasteiger partial charge >= 0.3 is 0 Å². The Morgan fingerprint density at radius 3 is 2.95 bits per heavy atom. The zero-order valence-corrected chi connectivity index (χ0v) is 13.4. The molecule has 3 rings (SSSR count). The lowest BCUT2D eigenvalue weighted by Gasteiger charge is -2.30. The molecule has 22 heavy (non-hydrogen) atoms. The van der Waals surface area contributed by atoms with Crippen LogP contribution in [0.1, 0.15) is 44.2 Å². The van der Waals surface area contributed by atoms with Crippen LogP contribution in [0, 0.1) is 11.8 Å². The Balaban J connectivity index is 1.71. The summed E-state index contributed by atoms with van der Waals surface area (Å²) in [6, 6.07) is 5.54. The minimum Gasteiger partial charge on any atom is -0.492 e. The molecule has 4 nitrogen and oxygen atoms in total. The maximum absolute atomic E-state index is 12.5. The molecule has 0 spiro atoms. The van der Waals surface area contributed by atoms with Gasteiger partial charge in [0.15, 0.2) is 0 Å². The molecular weight excluding hydrogens is 302 g/mol. The minimum atomic E-state index is -0.0711. The smallest absolute Gasteiger partial charge is 0.223 e. The van der Waals surface area contributed by atoms with Crippen molar-refractivity contribution in [2.24, 2.45) is 11.8 Å². The Morgan fingerprint density at radius 2 is 2.18 bits per heavy atom. The van der Waals surface area contributed by atoms with Crippen LogP contribution in [-0.4, -0.2) is 18.3 Å². The van der Waals surface area contributed by atoms with Crippen molar-refractivity contribution in [1.82, 2.24) is 5.32 Å². The Hall–Kier alpha value is -1.55. The third-order valence-corrected chi connectivity index (χ3v) is 4.94. The molecule has 1 N–H and O–H groups in total. The molecule has 1 heterocycles. The van der Waals surface area contributed by atoms with Gasteiger partial charge in [0.2, 0.25) is 5.91 Å². The van der Waals surface area contributed by atoms with Crippen molar-refractivity contribution in [1.29, 1.82) is 0 Å². The first kappa shape index (κ1) is 15.3. The van der Waals surface area contributed by atoms with Gasteiger partial charge in [-0.2, -0.15) is 0 Å². The summed E-state index contributed by atoms with van der Waals surface area (Å²) in [7, 11) is 0. The lowest BCUT2D eigenvalue weighted by atomic mass is 9.81. The molecule has 1 fully saturated rings. The number of fused-ring (bicyclic) bond motifs is 1. The summed E-state index contributed by atoms with van der Waals surface area (Å²) in [6.07, 6.45) is 2.55. The molecule has 0 bridgehead atoms. The highest BCUT2D eigenvalue weighted by molar-refractivity contribution is 6.32. The highest BCUT2D eigenvalue weighted by Crippen LogP contribution is 2.38. The highest BCUT2D eigenvalue weighted by atomic mass is 35.5. The molecule has 1 aliphatic heterocycles. The van der Waals surface area contributed by atoms with Gasteiger partial charge in [0.05, 0.1) is 17.7 Å². The second-order valence-corrected chi connectivity index (χ2v) is 6.60. The van der Waals surface area contributed by atoms with Gasteiger partial charge in [0.25, 0.3) is 0 Å². The van der Waals surface area contributed by atoms with E-state index >= 15 is 0 Å². The van der Waals surface area contributed by atoms with E-state index in [2.05, 4.69) is 5.32 Å². The second kappa shape index (κ2) is 6.29. The monoisotopic (exact) mass is 321 g/mol. The Kier molecular flexibility index (Phi) is 4.39. The van der Waals surface area contributed by atoms with Gasteiger partial charge in [-0.25, -0.2) is 0 Å². The van der Waals surface area contributed by atoms with E-state index < -0.39 is 0 Å². The fraction of sp³-hybridized carbons (Fsp3) is 0.529. The summed E-state index contributed by atoms with van der Waals surface area (Å²) in [6.45, 7) is 2.45. The van der Waals surface area contributed by atoms with Crippen LogP contribution in [0.3, 0.4) is 0 Å². The van der Waals surface area contributed by atoms with Gasteiger partial charge in [-0.1, -0.05) is 30.7 Å². The topological polar surface area (TPSA) is 55.4 Å².